The fraction of sp³-hybridized carbons (Fsp3) is 0.375. The van der Waals surface area contributed by atoms with Gasteiger partial charge < -0.3 is 4.98 Å². The van der Waals surface area contributed by atoms with E-state index in [4.69, 9.17) is 0 Å². The van der Waals surface area contributed by atoms with Gasteiger partial charge in [0.1, 0.15) is 5.82 Å². The highest BCUT2D eigenvalue weighted by molar-refractivity contribution is 5.33. The SMILES string of the molecule is Cc1nc2c([nH]1)=CCCC=2.[HH]. The van der Waals surface area contributed by atoms with Crippen LogP contribution in [-0.4, -0.2) is 9.97 Å². The first-order valence-electron chi connectivity index (χ1n) is 3.59. The van der Waals surface area contributed by atoms with E-state index in [0.717, 1.165) is 24.0 Å². The molecule has 0 saturated carbocycles. The number of nitrogens with one attached hydrogen (secondary N) is 1. The van der Waals surface area contributed by atoms with Crippen LogP contribution in [0, 0.1) is 6.92 Å². The molecule has 0 unspecified atom stereocenters. The third-order valence-corrected chi connectivity index (χ3v) is 1.73. The molecule has 0 bridgehead atoms. The molecule has 2 heteroatoms. The van der Waals surface area contributed by atoms with Crippen molar-refractivity contribution in [3.8, 4) is 0 Å². The van der Waals surface area contributed by atoms with Gasteiger partial charge in [-0.05, 0) is 19.8 Å². The van der Waals surface area contributed by atoms with E-state index in [1.807, 2.05) is 6.92 Å². The summed E-state index contributed by atoms with van der Waals surface area (Å²) in [5.74, 6) is 1.01. The maximum Gasteiger partial charge on any atom is 0.104 e. The molecule has 1 aromatic rings. The van der Waals surface area contributed by atoms with Crippen molar-refractivity contribution in [3.05, 3.63) is 16.5 Å². The minimum absolute atomic E-state index is 0. The van der Waals surface area contributed by atoms with Gasteiger partial charge in [0.25, 0.3) is 0 Å². The lowest BCUT2D eigenvalue weighted by Crippen LogP contribution is -2.26. The molecule has 2 nitrogen and oxygen atoms in total. The first-order valence-corrected chi connectivity index (χ1v) is 3.59. The molecule has 1 aromatic heterocycles. The Morgan fingerprint density at radius 3 is 3.10 bits per heavy atom. The smallest absolute Gasteiger partial charge is 0.104 e. The van der Waals surface area contributed by atoms with Gasteiger partial charge in [0, 0.05) is 1.43 Å². The number of nitrogens with zero attached hydrogens (tertiary/aromatic N) is 1. The number of aryl methyl sites for hydroxylation is 1. The number of aromatic nitrogens is 2. The highest BCUT2D eigenvalue weighted by atomic mass is 14.9. The standard InChI is InChI=1S/C8H10N2.H2/c1-6-9-7-4-2-3-5-8(7)10-6;/h4-5H,2-3H2,1H3,(H,9,10);1H. The van der Waals surface area contributed by atoms with E-state index < -0.39 is 0 Å². The van der Waals surface area contributed by atoms with E-state index in [9.17, 15) is 0 Å². The van der Waals surface area contributed by atoms with Crippen molar-refractivity contribution in [2.24, 2.45) is 0 Å². The monoisotopic (exact) mass is 136 g/mol. The highest BCUT2D eigenvalue weighted by Gasteiger charge is 1.95. The molecule has 0 saturated heterocycles. The van der Waals surface area contributed by atoms with Crippen LogP contribution in [-0.2, 0) is 0 Å². The average Bonchev–Trinajstić information content (AvgIpc) is 2.27. The van der Waals surface area contributed by atoms with E-state index in [2.05, 4.69) is 22.1 Å². The number of hydrogen-bond acceptors (Lipinski definition) is 1. The summed E-state index contributed by atoms with van der Waals surface area (Å²) < 4.78 is 0. The van der Waals surface area contributed by atoms with Crippen molar-refractivity contribution >= 4 is 12.2 Å². The third-order valence-electron chi connectivity index (χ3n) is 1.73. The number of aromatic amines is 1. The lowest BCUT2D eigenvalue weighted by atomic mass is 10.2. The summed E-state index contributed by atoms with van der Waals surface area (Å²) >= 11 is 0. The highest BCUT2D eigenvalue weighted by Crippen LogP contribution is 1.93. The number of rotatable bonds is 0. The Balaban J connectivity index is 0.000000605. The second-order valence-electron chi connectivity index (χ2n) is 2.61. The summed E-state index contributed by atoms with van der Waals surface area (Å²) in [6, 6.07) is 0. The van der Waals surface area contributed by atoms with E-state index in [-0.39, 0.29) is 1.43 Å². The summed E-state index contributed by atoms with van der Waals surface area (Å²) in [4.78, 5) is 7.51. The molecule has 1 N–H and O–H groups in total. The quantitative estimate of drug-likeness (QED) is 0.546. The molecule has 0 aromatic carbocycles. The number of H-pyrrole nitrogens is 1. The van der Waals surface area contributed by atoms with Crippen LogP contribution >= 0.6 is 0 Å². The van der Waals surface area contributed by atoms with Gasteiger partial charge in [-0.25, -0.2) is 4.98 Å². The average molecular weight is 136 g/mol. The van der Waals surface area contributed by atoms with Crippen molar-refractivity contribution in [2.45, 2.75) is 19.8 Å². The first-order chi connectivity index (χ1) is 4.86. The molecular formula is C8H12N2. The maximum atomic E-state index is 4.31. The largest absolute Gasteiger partial charge is 0.342 e. The van der Waals surface area contributed by atoms with E-state index in [1.165, 1.54) is 5.35 Å². The Morgan fingerprint density at radius 2 is 2.30 bits per heavy atom. The Bertz CT molecular complexity index is 317. The van der Waals surface area contributed by atoms with Crippen molar-refractivity contribution in [1.82, 2.24) is 9.97 Å². The van der Waals surface area contributed by atoms with Gasteiger partial charge in [0.15, 0.2) is 0 Å². The van der Waals surface area contributed by atoms with Crippen LogP contribution in [0.15, 0.2) is 0 Å². The van der Waals surface area contributed by atoms with Gasteiger partial charge in [-0.15, -0.1) is 0 Å². The van der Waals surface area contributed by atoms with E-state index >= 15 is 0 Å². The first kappa shape index (κ1) is 5.71. The molecule has 1 aliphatic rings. The number of imidazole rings is 1. The Kier molecular flexibility index (Phi) is 1.13. The number of hydrogen-bond donors (Lipinski definition) is 1. The lowest BCUT2D eigenvalue weighted by Gasteiger charge is -1.89. The molecule has 0 spiro atoms. The molecule has 0 atom stereocenters. The minimum Gasteiger partial charge on any atom is -0.342 e. The van der Waals surface area contributed by atoms with Crippen LogP contribution in [0.4, 0.5) is 0 Å². The predicted molar refractivity (Wildman–Crippen MR) is 42.9 cm³/mol. The van der Waals surface area contributed by atoms with Gasteiger partial charge in [0.05, 0.1) is 10.7 Å². The van der Waals surface area contributed by atoms with Crippen LogP contribution in [0.2, 0.25) is 0 Å². The lowest BCUT2D eigenvalue weighted by molar-refractivity contribution is 1.09. The van der Waals surface area contributed by atoms with Crippen LogP contribution in [0.3, 0.4) is 0 Å². The van der Waals surface area contributed by atoms with Gasteiger partial charge in [0.2, 0.25) is 0 Å². The van der Waals surface area contributed by atoms with Crippen LogP contribution in [0.5, 0.6) is 0 Å². The molecular weight excluding hydrogens is 124 g/mol. The molecule has 2 rings (SSSR count). The van der Waals surface area contributed by atoms with Gasteiger partial charge >= 0.3 is 0 Å². The van der Waals surface area contributed by atoms with Gasteiger partial charge in [-0.2, -0.15) is 0 Å². The molecule has 0 aliphatic heterocycles. The normalized spacial score (nSPS) is 15.3. The van der Waals surface area contributed by atoms with Crippen LogP contribution in [0.1, 0.15) is 20.1 Å². The zero-order chi connectivity index (χ0) is 6.97. The minimum atomic E-state index is 0. The van der Waals surface area contributed by atoms with Crippen molar-refractivity contribution in [3.63, 3.8) is 0 Å². The van der Waals surface area contributed by atoms with Crippen LogP contribution in [0.25, 0.3) is 12.2 Å². The van der Waals surface area contributed by atoms with Gasteiger partial charge in [-0.1, -0.05) is 12.2 Å². The predicted octanol–water partition coefficient (Wildman–Crippen LogP) is 0.319. The number of fused-ring (bicyclic) bond motifs is 1. The molecule has 0 amide bonds. The van der Waals surface area contributed by atoms with E-state index in [0.29, 0.717) is 0 Å². The second-order valence-corrected chi connectivity index (χ2v) is 2.61. The molecule has 10 heavy (non-hydrogen) atoms. The second kappa shape index (κ2) is 1.97. The summed E-state index contributed by atoms with van der Waals surface area (Å²) in [6.07, 6.45) is 6.67. The third kappa shape index (κ3) is 0.764. The van der Waals surface area contributed by atoms with Crippen molar-refractivity contribution in [2.75, 3.05) is 0 Å². The van der Waals surface area contributed by atoms with Gasteiger partial charge in [-0.3, -0.25) is 0 Å². The van der Waals surface area contributed by atoms with E-state index in [1.54, 1.807) is 0 Å². The zero-order valence-electron chi connectivity index (χ0n) is 6.02. The molecule has 0 radical (unpaired) electrons. The Labute approximate surface area is 60.8 Å². The topological polar surface area (TPSA) is 28.7 Å². The molecule has 54 valence electrons. The summed E-state index contributed by atoms with van der Waals surface area (Å²) in [6.45, 7) is 1.99. The fourth-order valence-corrected chi connectivity index (χ4v) is 1.29. The Morgan fingerprint density at radius 1 is 1.50 bits per heavy atom. The maximum absolute atomic E-state index is 4.31. The van der Waals surface area contributed by atoms with Crippen molar-refractivity contribution in [1.29, 1.82) is 0 Å². The molecule has 1 heterocycles. The fourth-order valence-electron chi connectivity index (χ4n) is 1.29. The summed E-state index contributed by atoms with van der Waals surface area (Å²) in [5, 5.41) is 2.33. The summed E-state index contributed by atoms with van der Waals surface area (Å²) in [7, 11) is 0. The zero-order valence-corrected chi connectivity index (χ0v) is 6.02. The summed E-state index contributed by atoms with van der Waals surface area (Å²) in [5.41, 5.74) is 0. The van der Waals surface area contributed by atoms with Crippen molar-refractivity contribution < 1.29 is 1.43 Å². The Hall–Kier alpha value is -1.05. The van der Waals surface area contributed by atoms with Crippen LogP contribution < -0.4 is 10.7 Å². The molecule has 0 fully saturated rings. The molecule has 1 aliphatic carbocycles.